The molecule has 2 amide bonds. The number of carbonyl (C=O) groups excluding carboxylic acids is 3. The number of hydrogen-bond acceptors (Lipinski definition) is 6. The largest absolute Gasteiger partial charge is 0.464 e. The van der Waals surface area contributed by atoms with Crippen molar-refractivity contribution in [3.63, 3.8) is 0 Å². The summed E-state index contributed by atoms with van der Waals surface area (Å²) in [7, 11) is 0. The van der Waals surface area contributed by atoms with Gasteiger partial charge in [-0.25, -0.2) is 14.4 Å². The van der Waals surface area contributed by atoms with Gasteiger partial charge in [-0.05, 0) is 12.8 Å². The highest BCUT2D eigenvalue weighted by Crippen LogP contribution is 2.03. The fraction of sp³-hybridized carbons (Fsp3) is 0.769. The van der Waals surface area contributed by atoms with Gasteiger partial charge in [-0.3, -0.25) is 0 Å². The first kappa shape index (κ1) is 19.2. The molecule has 1 atom stereocenters. The van der Waals surface area contributed by atoms with Crippen molar-refractivity contribution in [3.8, 4) is 0 Å². The summed E-state index contributed by atoms with van der Waals surface area (Å²) in [5.41, 5.74) is 1.99. The monoisotopic (exact) mass is 304 g/mol. The van der Waals surface area contributed by atoms with E-state index in [1.54, 1.807) is 13.8 Å². The second-order valence-corrected chi connectivity index (χ2v) is 4.80. The molecule has 2 N–H and O–H groups in total. The van der Waals surface area contributed by atoms with Crippen molar-refractivity contribution < 1.29 is 29.1 Å². The maximum absolute atomic E-state index is 11.9. The second kappa shape index (κ2) is 9.98. The van der Waals surface area contributed by atoms with Crippen molar-refractivity contribution in [2.45, 2.75) is 40.2 Å². The van der Waals surface area contributed by atoms with Gasteiger partial charge in [-0.2, -0.15) is 5.48 Å². The first-order valence-electron chi connectivity index (χ1n) is 6.91. The van der Waals surface area contributed by atoms with Crippen LogP contribution in [0.25, 0.3) is 0 Å². The first-order valence-corrected chi connectivity index (χ1v) is 6.91. The van der Waals surface area contributed by atoms with Crippen LogP contribution in [0.5, 0.6) is 0 Å². The molecule has 0 aromatic rings. The standard InChI is InChI=1S/C13H24N2O6/c1-5-11(17)21-14-13(19)15(7-9(3)4)8-10(16)12(18)20-6-2/h9-10,16H,5-8H2,1-4H3,(H,14,19). The van der Waals surface area contributed by atoms with E-state index in [9.17, 15) is 19.5 Å². The lowest BCUT2D eigenvalue weighted by Crippen LogP contribution is -2.47. The second-order valence-electron chi connectivity index (χ2n) is 4.80. The van der Waals surface area contributed by atoms with E-state index in [0.717, 1.165) is 0 Å². The predicted octanol–water partition coefficient (Wildman–Crippen LogP) is 0.446. The van der Waals surface area contributed by atoms with Crippen LogP contribution in [0.4, 0.5) is 4.79 Å². The van der Waals surface area contributed by atoms with E-state index >= 15 is 0 Å². The SMILES string of the molecule is CCOC(=O)C(O)CN(CC(C)C)C(=O)NOC(=O)CC. The molecular weight excluding hydrogens is 280 g/mol. The number of hydrogen-bond donors (Lipinski definition) is 2. The zero-order chi connectivity index (χ0) is 16.4. The number of nitrogens with zero attached hydrogens (tertiary/aromatic N) is 1. The van der Waals surface area contributed by atoms with Crippen LogP contribution in [-0.4, -0.2) is 53.8 Å². The number of urea groups is 1. The van der Waals surface area contributed by atoms with Crippen LogP contribution in [0.1, 0.15) is 34.1 Å². The zero-order valence-electron chi connectivity index (χ0n) is 12.9. The summed E-state index contributed by atoms with van der Waals surface area (Å²) in [5.74, 6) is -1.28. The average Bonchev–Trinajstić information content (AvgIpc) is 2.43. The number of aliphatic hydroxyl groups is 1. The summed E-state index contributed by atoms with van der Waals surface area (Å²) in [6, 6.07) is -0.700. The molecule has 0 aliphatic carbocycles. The molecule has 0 saturated heterocycles. The molecule has 0 bridgehead atoms. The number of hydroxylamine groups is 1. The Kier molecular flexibility index (Phi) is 9.11. The van der Waals surface area contributed by atoms with E-state index in [1.165, 1.54) is 4.90 Å². The van der Waals surface area contributed by atoms with Crippen molar-refractivity contribution in [1.82, 2.24) is 10.4 Å². The number of aliphatic hydroxyl groups excluding tert-OH is 1. The van der Waals surface area contributed by atoms with Crippen molar-refractivity contribution in [3.05, 3.63) is 0 Å². The van der Waals surface area contributed by atoms with Gasteiger partial charge in [0.25, 0.3) is 0 Å². The molecule has 0 aromatic heterocycles. The fourth-order valence-corrected chi connectivity index (χ4v) is 1.44. The van der Waals surface area contributed by atoms with Crippen molar-refractivity contribution in [1.29, 1.82) is 0 Å². The molecule has 0 aliphatic heterocycles. The van der Waals surface area contributed by atoms with E-state index in [2.05, 4.69) is 9.57 Å². The summed E-state index contributed by atoms with van der Waals surface area (Å²) >= 11 is 0. The van der Waals surface area contributed by atoms with E-state index in [4.69, 9.17) is 0 Å². The normalized spacial score (nSPS) is 11.7. The van der Waals surface area contributed by atoms with Crippen LogP contribution in [0, 0.1) is 5.92 Å². The molecule has 0 aliphatic rings. The Morgan fingerprint density at radius 1 is 1.19 bits per heavy atom. The molecular formula is C13H24N2O6. The minimum atomic E-state index is -1.45. The Morgan fingerprint density at radius 2 is 1.81 bits per heavy atom. The van der Waals surface area contributed by atoms with Gasteiger partial charge in [0, 0.05) is 13.0 Å². The Balaban J connectivity index is 4.59. The average molecular weight is 304 g/mol. The fourth-order valence-electron chi connectivity index (χ4n) is 1.44. The van der Waals surface area contributed by atoms with Crippen molar-refractivity contribution in [2.75, 3.05) is 19.7 Å². The molecule has 0 rings (SSSR count). The molecule has 0 radical (unpaired) electrons. The molecule has 8 heteroatoms. The van der Waals surface area contributed by atoms with E-state index in [1.807, 2.05) is 19.3 Å². The molecule has 1 unspecified atom stereocenters. The summed E-state index contributed by atoms with van der Waals surface area (Å²) < 4.78 is 4.67. The molecule has 122 valence electrons. The van der Waals surface area contributed by atoms with Gasteiger partial charge in [0.05, 0.1) is 13.2 Å². The first-order chi connectivity index (χ1) is 9.81. The summed E-state index contributed by atoms with van der Waals surface area (Å²) in [6.45, 7) is 7.13. The number of carbonyl (C=O) groups is 3. The Labute approximate surface area is 124 Å². The molecule has 0 aromatic carbocycles. The van der Waals surface area contributed by atoms with Crippen LogP contribution >= 0.6 is 0 Å². The van der Waals surface area contributed by atoms with Gasteiger partial charge in [0.15, 0.2) is 6.10 Å². The van der Waals surface area contributed by atoms with E-state index in [-0.39, 0.29) is 32.0 Å². The lowest BCUT2D eigenvalue weighted by Gasteiger charge is -2.25. The van der Waals surface area contributed by atoms with Gasteiger partial charge in [-0.1, -0.05) is 20.8 Å². The Morgan fingerprint density at radius 3 is 2.29 bits per heavy atom. The maximum Gasteiger partial charge on any atom is 0.350 e. The lowest BCUT2D eigenvalue weighted by molar-refractivity contribution is -0.154. The number of rotatable bonds is 7. The van der Waals surface area contributed by atoms with Gasteiger partial charge in [-0.15, -0.1) is 0 Å². The van der Waals surface area contributed by atoms with Crippen LogP contribution in [0.3, 0.4) is 0 Å². The number of esters is 1. The quantitative estimate of drug-likeness (QED) is 0.522. The number of nitrogens with one attached hydrogen (secondary N) is 1. The smallest absolute Gasteiger partial charge is 0.350 e. The maximum atomic E-state index is 11.9. The van der Waals surface area contributed by atoms with Crippen LogP contribution in [-0.2, 0) is 19.2 Å². The number of ether oxygens (including phenoxy) is 1. The molecule has 8 nitrogen and oxygen atoms in total. The van der Waals surface area contributed by atoms with Crippen LogP contribution in [0.2, 0.25) is 0 Å². The van der Waals surface area contributed by atoms with Crippen LogP contribution in [0.15, 0.2) is 0 Å². The topological polar surface area (TPSA) is 105 Å². The molecule has 0 spiro atoms. The third-order valence-electron chi connectivity index (χ3n) is 2.37. The van der Waals surface area contributed by atoms with Gasteiger partial charge in [0.1, 0.15) is 0 Å². The van der Waals surface area contributed by atoms with Crippen LogP contribution < -0.4 is 5.48 Å². The molecule has 21 heavy (non-hydrogen) atoms. The predicted molar refractivity (Wildman–Crippen MR) is 74.0 cm³/mol. The summed E-state index contributed by atoms with van der Waals surface area (Å²) in [4.78, 5) is 40.0. The highest BCUT2D eigenvalue weighted by molar-refractivity contribution is 5.78. The third-order valence-corrected chi connectivity index (χ3v) is 2.37. The highest BCUT2D eigenvalue weighted by atomic mass is 16.7. The third kappa shape index (κ3) is 8.13. The van der Waals surface area contributed by atoms with E-state index < -0.39 is 24.1 Å². The minimum Gasteiger partial charge on any atom is -0.464 e. The lowest BCUT2D eigenvalue weighted by atomic mass is 10.2. The molecule has 0 saturated carbocycles. The highest BCUT2D eigenvalue weighted by Gasteiger charge is 2.24. The molecule has 0 heterocycles. The molecule has 0 fully saturated rings. The zero-order valence-corrected chi connectivity index (χ0v) is 12.9. The Hall–Kier alpha value is -1.83. The van der Waals surface area contributed by atoms with Crippen molar-refractivity contribution in [2.24, 2.45) is 5.92 Å². The van der Waals surface area contributed by atoms with Gasteiger partial charge in [0.2, 0.25) is 0 Å². The van der Waals surface area contributed by atoms with E-state index in [0.29, 0.717) is 0 Å². The number of amides is 2. The van der Waals surface area contributed by atoms with Gasteiger partial charge < -0.3 is 19.6 Å². The van der Waals surface area contributed by atoms with Gasteiger partial charge >= 0.3 is 18.0 Å². The summed E-state index contributed by atoms with van der Waals surface area (Å²) in [6.07, 6.45) is -1.33. The van der Waals surface area contributed by atoms with Crippen molar-refractivity contribution >= 4 is 18.0 Å². The Bertz CT molecular complexity index is 359. The summed E-state index contributed by atoms with van der Waals surface area (Å²) in [5, 5.41) is 9.70. The minimum absolute atomic E-state index is 0.104.